The van der Waals surface area contributed by atoms with Crippen molar-refractivity contribution in [2.75, 3.05) is 18.4 Å². The quantitative estimate of drug-likeness (QED) is 0.895. The molecule has 0 spiro atoms. The van der Waals surface area contributed by atoms with Crippen LogP contribution in [0.5, 0.6) is 0 Å². The molecule has 1 saturated carbocycles. The zero-order valence-corrected chi connectivity index (χ0v) is 14.5. The van der Waals surface area contributed by atoms with Gasteiger partial charge in [0.1, 0.15) is 24.0 Å². The van der Waals surface area contributed by atoms with Crippen LogP contribution in [0.2, 0.25) is 0 Å². The second-order valence-corrected chi connectivity index (χ2v) is 6.87. The number of nitrogens with zero attached hydrogens (tertiary/aromatic N) is 3. The van der Waals surface area contributed by atoms with Crippen LogP contribution >= 0.6 is 0 Å². The van der Waals surface area contributed by atoms with Crippen LogP contribution in [0.1, 0.15) is 47.1 Å². The van der Waals surface area contributed by atoms with E-state index in [0.29, 0.717) is 36.9 Å². The van der Waals surface area contributed by atoms with Crippen LogP contribution in [-0.2, 0) is 11.2 Å². The van der Waals surface area contributed by atoms with Crippen molar-refractivity contribution in [3.8, 4) is 0 Å². The molecule has 140 valence electrons. The van der Waals surface area contributed by atoms with Gasteiger partial charge in [0.2, 0.25) is 5.91 Å². The van der Waals surface area contributed by atoms with Gasteiger partial charge in [0.25, 0.3) is 5.91 Å². The number of fused-ring (bicyclic) bond motifs is 1. The topological polar surface area (TPSA) is 75.2 Å². The van der Waals surface area contributed by atoms with E-state index < -0.39 is 17.5 Å². The average molecular weight is 372 g/mol. The molecule has 4 rings (SSSR count). The van der Waals surface area contributed by atoms with E-state index >= 15 is 0 Å². The van der Waals surface area contributed by atoms with Crippen molar-refractivity contribution >= 4 is 17.5 Å². The Labute approximate surface area is 154 Å². The molecule has 0 unspecified atom stereocenters. The molecule has 0 radical (unpaired) electrons. The van der Waals surface area contributed by atoms with Crippen molar-refractivity contribution in [2.24, 2.45) is 0 Å². The van der Waals surface area contributed by atoms with E-state index in [9.17, 15) is 18.4 Å². The van der Waals surface area contributed by atoms with Crippen LogP contribution in [0.25, 0.3) is 0 Å². The van der Waals surface area contributed by atoms with Gasteiger partial charge in [-0.2, -0.15) is 0 Å². The smallest absolute Gasteiger partial charge is 0.257 e. The van der Waals surface area contributed by atoms with Gasteiger partial charge in [0.05, 0.1) is 16.9 Å². The van der Waals surface area contributed by atoms with Crippen molar-refractivity contribution in [2.45, 2.75) is 31.6 Å². The highest BCUT2D eigenvalue weighted by Gasteiger charge is 2.30. The van der Waals surface area contributed by atoms with Gasteiger partial charge in [-0.25, -0.2) is 18.7 Å². The Balaban J connectivity index is 1.47. The highest BCUT2D eigenvalue weighted by molar-refractivity contribution is 6.00. The molecule has 2 aliphatic rings. The zero-order valence-electron chi connectivity index (χ0n) is 14.5. The van der Waals surface area contributed by atoms with Gasteiger partial charge in [-0.1, -0.05) is 0 Å². The largest absolute Gasteiger partial charge is 0.329 e. The van der Waals surface area contributed by atoms with E-state index in [1.165, 1.54) is 4.90 Å². The summed E-state index contributed by atoms with van der Waals surface area (Å²) < 4.78 is 26.6. The lowest BCUT2D eigenvalue weighted by Gasteiger charge is -2.20. The Hall–Kier alpha value is -2.90. The summed E-state index contributed by atoms with van der Waals surface area (Å²) in [4.78, 5) is 35.3. The number of anilines is 1. The second kappa shape index (κ2) is 7.02. The number of rotatable bonds is 4. The minimum Gasteiger partial charge on any atom is -0.329 e. The molecule has 0 saturated heterocycles. The Kier molecular flexibility index (Phi) is 4.55. The van der Waals surface area contributed by atoms with Gasteiger partial charge in [-0.3, -0.25) is 9.59 Å². The lowest BCUT2D eigenvalue weighted by Crippen LogP contribution is -2.38. The lowest BCUT2D eigenvalue weighted by molar-refractivity contribution is -0.116. The molecule has 1 fully saturated rings. The molecular weight excluding hydrogens is 354 g/mol. The van der Waals surface area contributed by atoms with Gasteiger partial charge in [-0.05, 0) is 37.8 Å². The zero-order chi connectivity index (χ0) is 19.0. The van der Waals surface area contributed by atoms with Gasteiger partial charge in [0, 0.05) is 24.7 Å². The van der Waals surface area contributed by atoms with Gasteiger partial charge in [-0.15, -0.1) is 0 Å². The van der Waals surface area contributed by atoms with E-state index in [1.807, 2.05) is 0 Å². The van der Waals surface area contributed by atoms with Crippen LogP contribution < -0.4 is 5.32 Å². The number of hydrogen-bond acceptors (Lipinski definition) is 4. The van der Waals surface area contributed by atoms with Crippen LogP contribution in [0.3, 0.4) is 0 Å². The van der Waals surface area contributed by atoms with Gasteiger partial charge >= 0.3 is 0 Å². The molecule has 6 nitrogen and oxygen atoms in total. The maximum Gasteiger partial charge on any atom is 0.257 e. The summed E-state index contributed by atoms with van der Waals surface area (Å²) in [6.45, 7) is 0.173. The number of benzene rings is 1. The number of hydrogen-bond donors (Lipinski definition) is 1. The first-order valence-corrected chi connectivity index (χ1v) is 8.91. The van der Waals surface area contributed by atoms with Crippen molar-refractivity contribution < 1.29 is 18.4 Å². The predicted molar refractivity (Wildman–Crippen MR) is 93.2 cm³/mol. The second-order valence-electron chi connectivity index (χ2n) is 6.87. The van der Waals surface area contributed by atoms with E-state index in [-0.39, 0.29) is 18.1 Å². The highest BCUT2D eigenvalue weighted by atomic mass is 19.1. The maximum atomic E-state index is 13.7. The number of aryl methyl sites for hydroxylation is 1. The predicted octanol–water partition coefficient (Wildman–Crippen LogP) is 2.66. The SMILES string of the molecule is O=C(CN1CCCc2nc(C3CC3)ncc2C1=O)Nc1ccc(F)cc1F. The molecule has 2 amide bonds. The normalized spacial score (nSPS) is 16.7. The summed E-state index contributed by atoms with van der Waals surface area (Å²) in [6, 6.07) is 2.90. The molecular formula is C19H18F2N4O2. The number of halogens is 2. The number of carbonyl (C=O) groups excluding carboxylic acids is 2. The Morgan fingerprint density at radius 1 is 1.30 bits per heavy atom. The van der Waals surface area contributed by atoms with Crippen molar-refractivity contribution in [3.05, 3.63) is 53.1 Å². The molecule has 1 aromatic carbocycles. The fourth-order valence-corrected chi connectivity index (χ4v) is 3.15. The minimum atomic E-state index is -0.864. The van der Waals surface area contributed by atoms with Gasteiger partial charge < -0.3 is 10.2 Å². The molecule has 8 heteroatoms. The third kappa shape index (κ3) is 3.79. The molecule has 0 atom stereocenters. The van der Waals surface area contributed by atoms with Crippen molar-refractivity contribution in [1.29, 1.82) is 0 Å². The van der Waals surface area contributed by atoms with Crippen molar-refractivity contribution in [3.63, 3.8) is 0 Å². The first-order valence-electron chi connectivity index (χ1n) is 8.91. The minimum absolute atomic E-state index is 0.124. The number of nitrogens with one attached hydrogen (secondary N) is 1. The first kappa shape index (κ1) is 17.5. The Morgan fingerprint density at radius 2 is 2.11 bits per heavy atom. The molecule has 1 aromatic heterocycles. The fraction of sp³-hybridized carbons (Fsp3) is 0.368. The molecule has 1 N–H and O–H groups in total. The standard InChI is InChI=1S/C19H18F2N4O2/c20-12-5-6-16(14(21)8-12)23-17(26)10-25-7-1-2-15-13(19(25)27)9-22-18(24-15)11-3-4-11/h5-6,8-9,11H,1-4,7,10H2,(H,23,26). The fourth-order valence-electron chi connectivity index (χ4n) is 3.15. The summed E-state index contributed by atoms with van der Waals surface area (Å²) >= 11 is 0. The molecule has 1 aliphatic heterocycles. The summed E-state index contributed by atoms with van der Waals surface area (Å²) in [7, 11) is 0. The van der Waals surface area contributed by atoms with E-state index in [2.05, 4.69) is 15.3 Å². The number of carbonyl (C=O) groups is 2. The van der Waals surface area contributed by atoms with Gasteiger partial charge in [0.15, 0.2) is 0 Å². The van der Waals surface area contributed by atoms with Crippen LogP contribution in [0, 0.1) is 11.6 Å². The third-order valence-corrected chi connectivity index (χ3v) is 4.73. The van der Waals surface area contributed by atoms with E-state index in [1.54, 1.807) is 6.20 Å². The average Bonchev–Trinajstić information content (AvgIpc) is 3.48. The summed E-state index contributed by atoms with van der Waals surface area (Å²) in [6.07, 6.45) is 5.04. The molecule has 27 heavy (non-hydrogen) atoms. The van der Waals surface area contributed by atoms with E-state index in [4.69, 9.17) is 0 Å². The Morgan fingerprint density at radius 3 is 2.85 bits per heavy atom. The maximum absolute atomic E-state index is 13.7. The van der Waals surface area contributed by atoms with Crippen LogP contribution in [0.4, 0.5) is 14.5 Å². The van der Waals surface area contributed by atoms with E-state index in [0.717, 1.165) is 36.5 Å². The molecule has 2 heterocycles. The summed E-state index contributed by atoms with van der Waals surface area (Å²) in [5, 5.41) is 2.38. The van der Waals surface area contributed by atoms with Crippen LogP contribution in [-0.4, -0.2) is 39.8 Å². The molecule has 0 bridgehead atoms. The van der Waals surface area contributed by atoms with Crippen molar-refractivity contribution in [1.82, 2.24) is 14.9 Å². The highest BCUT2D eigenvalue weighted by Crippen LogP contribution is 2.38. The Bertz CT molecular complexity index is 915. The molecule has 1 aliphatic carbocycles. The van der Waals surface area contributed by atoms with Crippen LogP contribution in [0.15, 0.2) is 24.4 Å². The lowest BCUT2D eigenvalue weighted by atomic mass is 10.1. The number of amides is 2. The third-order valence-electron chi connectivity index (χ3n) is 4.73. The summed E-state index contributed by atoms with van der Waals surface area (Å²) in [5.74, 6) is -1.25. The first-order chi connectivity index (χ1) is 13.0. The monoisotopic (exact) mass is 372 g/mol. The summed E-state index contributed by atoms with van der Waals surface area (Å²) in [5.41, 5.74) is 1.02. The molecule has 2 aromatic rings. The number of aromatic nitrogens is 2.